The monoisotopic (exact) mass is 244 g/mol. The molecule has 1 aromatic rings. The van der Waals surface area contributed by atoms with E-state index in [2.05, 4.69) is 20.8 Å². The van der Waals surface area contributed by atoms with Gasteiger partial charge in [0.1, 0.15) is 0 Å². The van der Waals surface area contributed by atoms with Crippen molar-refractivity contribution in [1.29, 1.82) is 0 Å². The second-order valence-electron chi connectivity index (χ2n) is 3.63. The molecule has 1 rings (SSSR count). The summed E-state index contributed by atoms with van der Waals surface area (Å²) in [5.74, 6) is 0.362. The molecule has 1 amide bonds. The lowest BCUT2D eigenvalue weighted by molar-refractivity contribution is -0.123. The fourth-order valence-electron chi connectivity index (χ4n) is 1.06. The minimum Gasteiger partial charge on any atom is -0.368 e. The summed E-state index contributed by atoms with van der Waals surface area (Å²) < 4.78 is 1.59. The van der Waals surface area contributed by atoms with Crippen molar-refractivity contribution in [1.82, 2.24) is 25.5 Å². The van der Waals surface area contributed by atoms with Gasteiger partial charge in [-0.05, 0) is 30.8 Å². The van der Waals surface area contributed by atoms with E-state index >= 15 is 0 Å². The number of thioether (sulfide) groups is 1. The van der Waals surface area contributed by atoms with Crippen molar-refractivity contribution in [2.75, 3.05) is 12.8 Å². The molecule has 90 valence electrons. The maximum atomic E-state index is 11.2. The Labute approximate surface area is 98.1 Å². The van der Waals surface area contributed by atoms with Gasteiger partial charge in [-0.2, -0.15) is 0 Å². The molecule has 0 spiro atoms. The maximum absolute atomic E-state index is 11.2. The van der Waals surface area contributed by atoms with Gasteiger partial charge >= 0.3 is 0 Å². The van der Waals surface area contributed by atoms with Crippen LogP contribution < -0.4 is 11.1 Å². The number of nitrogens with two attached hydrogens (primary N) is 1. The second-order valence-corrected chi connectivity index (χ2v) is 4.69. The Morgan fingerprint density at radius 3 is 2.81 bits per heavy atom. The molecule has 0 aliphatic rings. The number of carbonyl (C=O) groups excluding carboxylic acids is 1. The number of nitrogens with zero attached hydrogens (tertiary/aromatic N) is 4. The molecule has 0 fully saturated rings. The molecule has 0 aliphatic heterocycles. The fraction of sp³-hybridized carbons (Fsp3) is 0.750. The zero-order valence-corrected chi connectivity index (χ0v) is 10.4. The lowest BCUT2D eigenvalue weighted by Gasteiger charge is -2.24. The standard InChI is InChI=1S/C8H16N6OS/c1-8(10-2,6(9)15)4-5-16-7-11-12-13-14(7)3/h10H,4-5H2,1-3H3,(H2,9,15). The SMILES string of the molecule is CNC(C)(CCSc1nnnn1C)C(N)=O. The molecule has 7 nitrogen and oxygen atoms in total. The summed E-state index contributed by atoms with van der Waals surface area (Å²) >= 11 is 1.49. The fourth-order valence-corrected chi connectivity index (χ4v) is 2.07. The van der Waals surface area contributed by atoms with Gasteiger partial charge in [0.25, 0.3) is 0 Å². The molecule has 0 radical (unpaired) electrons. The highest BCUT2D eigenvalue weighted by Gasteiger charge is 2.28. The maximum Gasteiger partial charge on any atom is 0.237 e. The summed E-state index contributed by atoms with van der Waals surface area (Å²) in [6.45, 7) is 1.78. The Morgan fingerprint density at radius 1 is 1.69 bits per heavy atom. The van der Waals surface area contributed by atoms with Gasteiger partial charge < -0.3 is 11.1 Å². The topological polar surface area (TPSA) is 98.7 Å². The summed E-state index contributed by atoms with van der Waals surface area (Å²) in [6, 6.07) is 0. The zero-order valence-electron chi connectivity index (χ0n) is 9.60. The van der Waals surface area contributed by atoms with Crippen LogP contribution >= 0.6 is 11.8 Å². The van der Waals surface area contributed by atoms with Crippen LogP contribution in [-0.4, -0.2) is 44.5 Å². The van der Waals surface area contributed by atoms with Crippen molar-refractivity contribution in [3.8, 4) is 0 Å². The molecule has 3 N–H and O–H groups in total. The van der Waals surface area contributed by atoms with E-state index in [-0.39, 0.29) is 5.91 Å². The quantitative estimate of drug-likeness (QED) is 0.633. The first-order valence-electron chi connectivity index (χ1n) is 4.83. The first-order chi connectivity index (χ1) is 7.49. The van der Waals surface area contributed by atoms with Crippen LogP contribution in [0.2, 0.25) is 0 Å². The number of amides is 1. The predicted octanol–water partition coefficient (Wildman–Crippen LogP) is -0.844. The summed E-state index contributed by atoms with van der Waals surface area (Å²) in [7, 11) is 3.49. The Bertz CT molecular complexity index is 367. The number of hydrogen-bond donors (Lipinski definition) is 2. The second kappa shape index (κ2) is 5.26. The molecule has 1 atom stereocenters. The number of rotatable bonds is 6. The molecule has 1 heterocycles. The Morgan fingerprint density at radius 2 is 2.38 bits per heavy atom. The summed E-state index contributed by atoms with van der Waals surface area (Å²) in [4.78, 5) is 11.2. The average molecular weight is 244 g/mol. The molecule has 1 unspecified atom stereocenters. The van der Waals surface area contributed by atoms with E-state index in [9.17, 15) is 4.79 Å². The number of primary amides is 1. The molecule has 8 heteroatoms. The van der Waals surface area contributed by atoms with Crippen LogP contribution in [0.4, 0.5) is 0 Å². The van der Waals surface area contributed by atoms with E-state index in [1.165, 1.54) is 11.8 Å². The minimum atomic E-state index is -0.682. The zero-order chi connectivity index (χ0) is 12.2. The third kappa shape index (κ3) is 2.92. The number of hydrogen-bond acceptors (Lipinski definition) is 6. The van der Waals surface area contributed by atoms with Crippen molar-refractivity contribution in [3.05, 3.63) is 0 Å². The third-order valence-corrected chi connectivity index (χ3v) is 3.52. The lowest BCUT2D eigenvalue weighted by Crippen LogP contribution is -2.51. The summed E-state index contributed by atoms with van der Waals surface area (Å²) in [6.07, 6.45) is 0.621. The van der Waals surface area contributed by atoms with Crippen molar-refractivity contribution in [3.63, 3.8) is 0 Å². The van der Waals surface area contributed by atoms with Crippen molar-refractivity contribution < 1.29 is 4.79 Å². The highest BCUT2D eigenvalue weighted by molar-refractivity contribution is 7.99. The van der Waals surface area contributed by atoms with Gasteiger partial charge in [0.15, 0.2) is 0 Å². The Kier molecular flexibility index (Phi) is 4.25. The van der Waals surface area contributed by atoms with E-state index in [4.69, 9.17) is 5.73 Å². The van der Waals surface area contributed by atoms with Crippen molar-refractivity contribution in [2.24, 2.45) is 12.8 Å². The molecule has 1 aromatic heterocycles. The van der Waals surface area contributed by atoms with Gasteiger partial charge in [0, 0.05) is 12.8 Å². The molecule has 0 aromatic carbocycles. The van der Waals surface area contributed by atoms with E-state index in [1.807, 2.05) is 0 Å². The molecule has 16 heavy (non-hydrogen) atoms. The highest BCUT2D eigenvalue weighted by atomic mass is 32.2. The summed E-state index contributed by atoms with van der Waals surface area (Å²) in [5.41, 5.74) is 4.63. The molecule has 0 saturated heterocycles. The smallest absolute Gasteiger partial charge is 0.237 e. The van der Waals surface area contributed by atoms with Crippen LogP contribution in [0.5, 0.6) is 0 Å². The van der Waals surface area contributed by atoms with Crippen LogP contribution in [0.1, 0.15) is 13.3 Å². The van der Waals surface area contributed by atoms with Crippen molar-refractivity contribution in [2.45, 2.75) is 24.0 Å². The minimum absolute atomic E-state index is 0.355. The van der Waals surface area contributed by atoms with Crippen LogP contribution in [0.15, 0.2) is 5.16 Å². The van der Waals surface area contributed by atoms with Crippen LogP contribution in [0.3, 0.4) is 0 Å². The lowest BCUT2D eigenvalue weighted by atomic mass is 9.99. The van der Waals surface area contributed by atoms with Gasteiger partial charge in [-0.3, -0.25) is 4.79 Å². The van der Waals surface area contributed by atoms with Gasteiger partial charge in [0.2, 0.25) is 11.1 Å². The van der Waals surface area contributed by atoms with Gasteiger partial charge in [0.05, 0.1) is 5.54 Å². The number of carbonyl (C=O) groups is 1. The predicted molar refractivity (Wildman–Crippen MR) is 60.8 cm³/mol. The number of aryl methyl sites for hydroxylation is 1. The Hall–Kier alpha value is -1.15. The van der Waals surface area contributed by atoms with Crippen LogP contribution in [0, 0.1) is 0 Å². The number of tetrazole rings is 1. The molecule has 0 saturated carbocycles. The van der Waals surface area contributed by atoms with Crippen molar-refractivity contribution >= 4 is 17.7 Å². The highest BCUT2D eigenvalue weighted by Crippen LogP contribution is 2.18. The van der Waals surface area contributed by atoms with E-state index < -0.39 is 5.54 Å². The third-order valence-electron chi connectivity index (χ3n) is 2.51. The first-order valence-corrected chi connectivity index (χ1v) is 5.82. The van der Waals surface area contributed by atoms with Gasteiger partial charge in [-0.15, -0.1) is 5.10 Å². The molecule has 0 bridgehead atoms. The van der Waals surface area contributed by atoms with E-state index in [1.54, 1.807) is 25.7 Å². The van der Waals surface area contributed by atoms with Crippen LogP contribution in [-0.2, 0) is 11.8 Å². The van der Waals surface area contributed by atoms with E-state index in [0.717, 1.165) is 5.16 Å². The molecular weight excluding hydrogens is 228 g/mol. The number of likely N-dealkylation sites (N-methyl/N-ethyl adjacent to an activating group) is 1. The largest absolute Gasteiger partial charge is 0.368 e. The van der Waals surface area contributed by atoms with E-state index in [0.29, 0.717) is 12.2 Å². The molecule has 0 aliphatic carbocycles. The number of nitrogens with one attached hydrogen (secondary N) is 1. The normalized spacial score (nSPS) is 14.7. The summed E-state index contributed by atoms with van der Waals surface area (Å²) in [5, 5.41) is 14.7. The van der Waals surface area contributed by atoms with Gasteiger partial charge in [-0.1, -0.05) is 11.8 Å². The Balaban J connectivity index is 2.46. The van der Waals surface area contributed by atoms with Crippen LogP contribution in [0.25, 0.3) is 0 Å². The molecular formula is C8H16N6OS. The van der Waals surface area contributed by atoms with Gasteiger partial charge in [-0.25, -0.2) is 4.68 Å². The average Bonchev–Trinajstić information content (AvgIpc) is 2.64. The number of aromatic nitrogens is 4. The first kappa shape index (κ1) is 12.9.